The lowest BCUT2D eigenvalue weighted by Gasteiger charge is -2.26. The van der Waals surface area contributed by atoms with Crippen molar-refractivity contribution in [1.29, 1.82) is 0 Å². The quantitative estimate of drug-likeness (QED) is 0.0243. The van der Waals surface area contributed by atoms with Crippen molar-refractivity contribution in [2.45, 2.75) is 392 Å². The van der Waals surface area contributed by atoms with Crippen molar-refractivity contribution >= 4 is 13.7 Å². The van der Waals surface area contributed by atoms with Crippen LogP contribution in [0, 0.1) is 0 Å². The van der Waals surface area contributed by atoms with E-state index in [9.17, 15) is 19.4 Å². The van der Waals surface area contributed by atoms with Crippen molar-refractivity contribution in [2.75, 3.05) is 40.9 Å². The van der Waals surface area contributed by atoms with Gasteiger partial charge >= 0.3 is 7.82 Å². The van der Waals surface area contributed by atoms with Gasteiger partial charge < -0.3 is 19.8 Å². The van der Waals surface area contributed by atoms with E-state index >= 15 is 0 Å². The molecule has 0 aliphatic heterocycles. The molecule has 3 unspecified atom stereocenters. The molecule has 0 saturated heterocycles. The lowest BCUT2D eigenvalue weighted by molar-refractivity contribution is -0.870. The molecule has 0 bridgehead atoms. The maximum atomic E-state index is 13.1. The summed E-state index contributed by atoms with van der Waals surface area (Å²) in [6, 6.07) is -0.759. The van der Waals surface area contributed by atoms with Crippen LogP contribution in [0.3, 0.4) is 0 Å². The predicted molar refractivity (Wildman–Crippen MR) is 346 cm³/mol. The van der Waals surface area contributed by atoms with Gasteiger partial charge in [-0.2, -0.15) is 0 Å². The summed E-state index contributed by atoms with van der Waals surface area (Å²) in [7, 11) is 1.64. The van der Waals surface area contributed by atoms with Crippen LogP contribution in [-0.2, 0) is 18.4 Å². The number of unbranched alkanes of at least 4 members (excludes halogenated alkanes) is 52. The molecule has 0 rings (SSSR count). The van der Waals surface area contributed by atoms with Crippen LogP contribution in [0.15, 0.2) is 12.2 Å². The zero-order chi connectivity index (χ0) is 57.7. The summed E-state index contributed by atoms with van der Waals surface area (Å²) < 4.78 is 23.9. The standard InChI is InChI=1S/C70H141N2O6P/c1-6-8-10-12-14-16-18-20-22-24-26-28-30-32-34-35-36-38-39-41-43-45-47-49-51-53-55-57-59-61-63-69(73)68(67-78-79(75,76)77-66-65-72(3,4)5)71-70(74)64-62-60-58-56-54-52-50-48-46-44-42-40-37-33-31-29-27-25-23-21-19-17-15-13-11-9-7-2/h25,27,68-69,73H,6-24,26,28-67H2,1-5H3,(H-,71,74,75,76)/p+1/b27-25-. The summed E-state index contributed by atoms with van der Waals surface area (Å²) in [4.78, 5) is 23.5. The number of hydrogen-bond acceptors (Lipinski definition) is 5. The monoisotopic (exact) mass is 1140 g/mol. The first-order chi connectivity index (χ1) is 38.5. The summed E-state index contributed by atoms with van der Waals surface area (Å²) in [5.41, 5.74) is 0. The van der Waals surface area contributed by atoms with E-state index in [0.717, 1.165) is 38.5 Å². The van der Waals surface area contributed by atoms with Gasteiger partial charge in [0, 0.05) is 6.42 Å². The third kappa shape index (κ3) is 64.7. The largest absolute Gasteiger partial charge is 0.472 e. The SMILES string of the molecule is CCCCCCCCCC/C=C\CCCCCCCCCCCCCCCCCC(=O)NC(COP(=O)(O)OCC[N+](C)(C)C)C(O)CCCCCCCCCCCCCCCCCCCCCCCCCCCCCCCC. The van der Waals surface area contributed by atoms with Crippen LogP contribution in [0.1, 0.15) is 380 Å². The number of phosphoric ester groups is 1. The smallest absolute Gasteiger partial charge is 0.391 e. The van der Waals surface area contributed by atoms with Gasteiger partial charge in [0.2, 0.25) is 5.91 Å². The number of nitrogens with one attached hydrogen (secondary N) is 1. The number of rotatable bonds is 67. The normalized spacial score (nSPS) is 13.7. The summed E-state index contributed by atoms with van der Waals surface area (Å²) in [6.45, 7) is 4.96. The summed E-state index contributed by atoms with van der Waals surface area (Å²) >= 11 is 0. The average Bonchev–Trinajstić information content (AvgIpc) is 3.42. The summed E-state index contributed by atoms with van der Waals surface area (Å²) in [6.07, 6.45) is 78.9. The van der Waals surface area contributed by atoms with Gasteiger partial charge in [0.25, 0.3) is 0 Å². The molecule has 0 heterocycles. The van der Waals surface area contributed by atoms with Gasteiger partial charge in [-0.3, -0.25) is 13.8 Å². The Morgan fingerprint density at radius 3 is 0.975 bits per heavy atom. The number of carbonyl (C=O) groups is 1. The highest BCUT2D eigenvalue weighted by Gasteiger charge is 2.28. The average molecular weight is 1140 g/mol. The lowest BCUT2D eigenvalue weighted by atomic mass is 10.0. The number of amides is 1. The first-order valence-corrected chi connectivity index (χ1v) is 37.0. The topological polar surface area (TPSA) is 105 Å². The summed E-state index contributed by atoms with van der Waals surface area (Å²) in [5.74, 6) is -0.135. The highest BCUT2D eigenvalue weighted by atomic mass is 31.2. The van der Waals surface area contributed by atoms with Crippen LogP contribution in [-0.4, -0.2) is 73.4 Å². The Labute approximate surface area is 494 Å². The third-order valence-corrected chi connectivity index (χ3v) is 17.7. The third-order valence-electron chi connectivity index (χ3n) is 16.8. The van der Waals surface area contributed by atoms with E-state index in [0.29, 0.717) is 23.9 Å². The van der Waals surface area contributed by atoms with Crippen molar-refractivity contribution in [3.63, 3.8) is 0 Å². The maximum Gasteiger partial charge on any atom is 0.472 e. The Balaban J connectivity index is 3.99. The maximum absolute atomic E-state index is 13.1. The zero-order valence-corrected chi connectivity index (χ0v) is 55.1. The van der Waals surface area contributed by atoms with Gasteiger partial charge in [-0.1, -0.05) is 347 Å². The number of aliphatic hydroxyl groups is 1. The van der Waals surface area contributed by atoms with Gasteiger partial charge in [0.1, 0.15) is 13.2 Å². The Hall–Kier alpha value is -0.760. The molecule has 79 heavy (non-hydrogen) atoms. The van der Waals surface area contributed by atoms with E-state index in [-0.39, 0.29) is 19.1 Å². The van der Waals surface area contributed by atoms with Crippen molar-refractivity contribution in [2.24, 2.45) is 0 Å². The van der Waals surface area contributed by atoms with E-state index in [1.165, 1.54) is 315 Å². The second-order valence-corrected chi connectivity index (χ2v) is 27.4. The first kappa shape index (κ1) is 78.2. The molecular weight excluding hydrogens is 996 g/mol. The van der Waals surface area contributed by atoms with Crippen LogP contribution in [0.25, 0.3) is 0 Å². The molecule has 0 aliphatic carbocycles. The first-order valence-electron chi connectivity index (χ1n) is 35.6. The molecule has 3 atom stereocenters. The molecular formula is C70H142N2O6P+. The molecule has 0 aliphatic rings. The molecule has 0 spiro atoms. The fourth-order valence-corrected chi connectivity index (χ4v) is 12.0. The predicted octanol–water partition coefficient (Wildman–Crippen LogP) is 22.5. The van der Waals surface area contributed by atoms with Crippen molar-refractivity contribution in [3.05, 3.63) is 12.2 Å². The minimum absolute atomic E-state index is 0.0781. The van der Waals surface area contributed by atoms with Crippen molar-refractivity contribution < 1.29 is 32.9 Å². The number of carbonyl (C=O) groups excluding carboxylic acids is 1. The highest BCUT2D eigenvalue weighted by molar-refractivity contribution is 7.47. The molecule has 0 saturated carbocycles. The molecule has 0 aromatic carbocycles. The zero-order valence-electron chi connectivity index (χ0n) is 54.2. The van der Waals surface area contributed by atoms with Crippen molar-refractivity contribution in [3.8, 4) is 0 Å². The van der Waals surface area contributed by atoms with Gasteiger partial charge in [0.15, 0.2) is 0 Å². The minimum atomic E-state index is -4.33. The lowest BCUT2D eigenvalue weighted by Crippen LogP contribution is -2.46. The molecule has 0 radical (unpaired) electrons. The van der Waals surface area contributed by atoms with E-state index in [1.54, 1.807) is 0 Å². The van der Waals surface area contributed by atoms with Gasteiger partial charge in [-0.05, 0) is 38.5 Å². The molecule has 0 fully saturated rings. The number of likely N-dealkylation sites (N-methyl/N-ethyl adjacent to an activating group) is 1. The fraction of sp³-hybridized carbons (Fsp3) is 0.957. The van der Waals surface area contributed by atoms with Crippen LogP contribution in [0.2, 0.25) is 0 Å². The number of nitrogens with zero attached hydrogens (tertiary/aromatic N) is 1. The number of hydrogen-bond donors (Lipinski definition) is 3. The van der Waals surface area contributed by atoms with Gasteiger partial charge in [-0.25, -0.2) is 4.57 Å². The Morgan fingerprint density at radius 2 is 0.684 bits per heavy atom. The minimum Gasteiger partial charge on any atom is -0.391 e. The molecule has 472 valence electrons. The molecule has 0 aromatic rings. The molecule has 9 heteroatoms. The summed E-state index contributed by atoms with van der Waals surface area (Å²) in [5, 5.41) is 14.2. The number of allylic oxidation sites excluding steroid dienone is 2. The molecule has 3 N–H and O–H groups in total. The van der Waals surface area contributed by atoms with Crippen molar-refractivity contribution in [1.82, 2.24) is 5.32 Å². The number of phosphoric acid groups is 1. The number of aliphatic hydroxyl groups excluding tert-OH is 1. The highest BCUT2D eigenvalue weighted by Crippen LogP contribution is 2.43. The Morgan fingerprint density at radius 1 is 0.418 bits per heavy atom. The molecule has 1 amide bonds. The van der Waals surface area contributed by atoms with Crippen LogP contribution >= 0.6 is 7.82 Å². The van der Waals surface area contributed by atoms with E-state index in [1.807, 2.05) is 21.1 Å². The molecule has 0 aromatic heterocycles. The second-order valence-electron chi connectivity index (χ2n) is 26.0. The van der Waals surface area contributed by atoms with E-state index in [4.69, 9.17) is 9.05 Å². The van der Waals surface area contributed by atoms with Gasteiger partial charge in [-0.15, -0.1) is 0 Å². The molecule has 8 nitrogen and oxygen atoms in total. The van der Waals surface area contributed by atoms with E-state index < -0.39 is 20.0 Å². The fourth-order valence-electron chi connectivity index (χ4n) is 11.2. The van der Waals surface area contributed by atoms with E-state index in [2.05, 4.69) is 31.3 Å². The van der Waals surface area contributed by atoms with Crippen LogP contribution in [0.4, 0.5) is 0 Å². The van der Waals surface area contributed by atoms with Crippen LogP contribution < -0.4 is 5.32 Å². The Bertz CT molecular complexity index is 1290. The van der Waals surface area contributed by atoms with Gasteiger partial charge in [0.05, 0.1) is 39.9 Å². The number of quaternary nitrogens is 1. The Kier molecular flexibility index (Phi) is 61.2. The van der Waals surface area contributed by atoms with Crippen LogP contribution in [0.5, 0.6) is 0 Å². The second kappa shape index (κ2) is 61.8.